The van der Waals surface area contributed by atoms with E-state index in [4.69, 9.17) is 14.2 Å². The van der Waals surface area contributed by atoms with E-state index < -0.39 is 24.4 Å². The Morgan fingerprint density at radius 1 is 1.07 bits per heavy atom. The summed E-state index contributed by atoms with van der Waals surface area (Å²) in [5.74, 6) is -0.677. The second kappa shape index (κ2) is 9.09. The minimum Gasteiger partial charge on any atom is -0.497 e. The van der Waals surface area contributed by atoms with Gasteiger partial charge in [0, 0.05) is 18.7 Å². The SMILES string of the molecule is COc1ccc(N2CC(C(=O)OCC(=O)Nc3ccccc3OC)CC2=O)cc1. The first kappa shape index (κ1) is 20.2. The van der Waals surface area contributed by atoms with E-state index in [0.717, 1.165) is 0 Å². The summed E-state index contributed by atoms with van der Waals surface area (Å²) in [6.45, 7) is -0.234. The Labute approximate surface area is 168 Å². The standard InChI is InChI=1S/C21H22N2O6/c1-27-16-9-7-15(8-10-16)23-12-14(11-20(23)25)21(26)29-13-19(24)22-17-5-3-4-6-18(17)28-2/h3-10,14H,11-13H2,1-2H3,(H,22,24). The van der Waals surface area contributed by atoms with Crippen molar-refractivity contribution in [2.45, 2.75) is 6.42 Å². The third kappa shape index (κ3) is 4.84. The summed E-state index contributed by atoms with van der Waals surface area (Å²) in [5.41, 5.74) is 1.16. The van der Waals surface area contributed by atoms with Crippen LogP contribution in [0, 0.1) is 5.92 Å². The smallest absolute Gasteiger partial charge is 0.311 e. The molecule has 0 saturated carbocycles. The van der Waals surface area contributed by atoms with Gasteiger partial charge in [-0.2, -0.15) is 0 Å². The van der Waals surface area contributed by atoms with Gasteiger partial charge in [-0.15, -0.1) is 0 Å². The highest BCUT2D eigenvalue weighted by atomic mass is 16.5. The lowest BCUT2D eigenvalue weighted by Gasteiger charge is -2.17. The Morgan fingerprint density at radius 2 is 1.79 bits per heavy atom. The van der Waals surface area contributed by atoms with E-state index in [1.807, 2.05) is 0 Å². The van der Waals surface area contributed by atoms with E-state index in [0.29, 0.717) is 22.9 Å². The summed E-state index contributed by atoms with van der Waals surface area (Å²) < 4.78 is 15.4. The Morgan fingerprint density at radius 3 is 2.48 bits per heavy atom. The van der Waals surface area contributed by atoms with E-state index in [-0.39, 0.29) is 18.9 Å². The maximum atomic E-state index is 12.3. The van der Waals surface area contributed by atoms with Gasteiger partial charge in [0.15, 0.2) is 6.61 Å². The van der Waals surface area contributed by atoms with Crippen LogP contribution in [-0.2, 0) is 19.1 Å². The van der Waals surface area contributed by atoms with Crippen molar-refractivity contribution in [3.05, 3.63) is 48.5 Å². The molecule has 2 aromatic rings. The molecule has 1 aliphatic heterocycles. The lowest BCUT2D eigenvalue weighted by atomic mass is 10.1. The third-order valence-corrected chi connectivity index (χ3v) is 4.57. The molecular formula is C21H22N2O6. The number of carbonyl (C=O) groups is 3. The topological polar surface area (TPSA) is 94.2 Å². The van der Waals surface area contributed by atoms with Gasteiger partial charge >= 0.3 is 5.97 Å². The molecule has 0 radical (unpaired) electrons. The normalized spacial score (nSPS) is 15.7. The average molecular weight is 398 g/mol. The fourth-order valence-corrected chi connectivity index (χ4v) is 3.07. The van der Waals surface area contributed by atoms with Crippen molar-refractivity contribution in [1.29, 1.82) is 0 Å². The van der Waals surface area contributed by atoms with Crippen LogP contribution >= 0.6 is 0 Å². The molecule has 0 spiro atoms. The number of ether oxygens (including phenoxy) is 3. The van der Waals surface area contributed by atoms with E-state index >= 15 is 0 Å². The zero-order chi connectivity index (χ0) is 20.8. The molecule has 2 amide bonds. The average Bonchev–Trinajstić information content (AvgIpc) is 3.14. The molecule has 1 unspecified atom stereocenters. The summed E-state index contributed by atoms with van der Waals surface area (Å²) in [7, 11) is 3.06. The zero-order valence-electron chi connectivity index (χ0n) is 16.2. The minimum atomic E-state index is -0.622. The molecule has 0 aliphatic carbocycles. The molecule has 8 heteroatoms. The molecule has 1 heterocycles. The van der Waals surface area contributed by atoms with Gasteiger partial charge in [-0.25, -0.2) is 0 Å². The summed E-state index contributed by atoms with van der Waals surface area (Å²) in [6.07, 6.45) is 0.0407. The Kier molecular flexibility index (Phi) is 6.33. The van der Waals surface area contributed by atoms with Crippen LogP contribution in [0.15, 0.2) is 48.5 Å². The van der Waals surface area contributed by atoms with Gasteiger partial charge in [-0.3, -0.25) is 14.4 Å². The Hall–Kier alpha value is -3.55. The number of benzene rings is 2. The maximum Gasteiger partial charge on any atom is 0.311 e. The number of hydrogen-bond acceptors (Lipinski definition) is 6. The van der Waals surface area contributed by atoms with Gasteiger partial charge in [0.1, 0.15) is 11.5 Å². The van der Waals surface area contributed by atoms with Crippen molar-refractivity contribution in [2.24, 2.45) is 5.92 Å². The largest absolute Gasteiger partial charge is 0.497 e. The van der Waals surface area contributed by atoms with Crippen molar-refractivity contribution in [1.82, 2.24) is 0 Å². The molecule has 2 aromatic carbocycles. The molecular weight excluding hydrogens is 376 g/mol. The van der Waals surface area contributed by atoms with E-state index in [2.05, 4.69) is 5.32 Å². The number of nitrogens with one attached hydrogen (secondary N) is 1. The number of para-hydroxylation sites is 2. The maximum absolute atomic E-state index is 12.3. The molecule has 29 heavy (non-hydrogen) atoms. The number of methoxy groups -OCH3 is 2. The van der Waals surface area contributed by atoms with Crippen molar-refractivity contribution < 1.29 is 28.6 Å². The highest BCUT2D eigenvalue weighted by Gasteiger charge is 2.36. The molecule has 152 valence electrons. The molecule has 1 fully saturated rings. The quantitative estimate of drug-likeness (QED) is 0.719. The molecule has 0 bridgehead atoms. The molecule has 1 atom stereocenters. The molecule has 0 aromatic heterocycles. The summed E-state index contributed by atoms with van der Waals surface area (Å²) in [6, 6.07) is 13.9. The fraction of sp³-hybridized carbons (Fsp3) is 0.286. The molecule has 1 N–H and O–H groups in total. The van der Waals surface area contributed by atoms with Crippen molar-refractivity contribution in [3.8, 4) is 11.5 Å². The molecule has 3 rings (SSSR count). The third-order valence-electron chi connectivity index (χ3n) is 4.57. The van der Waals surface area contributed by atoms with Crippen LogP contribution < -0.4 is 19.7 Å². The van der Waals surface area contributed by atoms with Crippen LogP contribution in [0.5, 0.6) is 11.5 Å². The predicted molar refractivity (Wildman–Crippen MR) is 106 cm³/mol. The second-order valence-corrected chi connectivity index (χ2v) is 6.46. The van der Waals surface area contributed by atoms with E-state index in [1.54, 1.807) is 55.6 Å². The van der Waals surface area contributed by atoms with Gasteiger partial charge in [-0.1, -0.05) is 12.1 Å². The predicted octanol–water partition coefficient (Wildman–Crippen LogP) is 2.24. The monoisotopic (exact) mass is 398 g/mol. The lowest BCUT2D eigenvalue weighted by Crippen LogP contribution is -2.28. The van der Waals surface area contributed by atoms with Crippen LogP contribution in [0.4, 0.5) is 11.4 Å². The van der Waals surface area contributed by atoms with E-state index in [1.165, 1.54) is 12.0 Å². The number of esters is 1. The van der Waals surface area contributed by atoms with Gasteiger partial charge in [0.2, 0.25) is 5.91 Å². The van der Waals surface area contributed by atoms with Crippen LogP contribution in [0.25, 0.3) is 0 Å². The number of carbonyl (C=O) groups excluding carboxylic acids is 3. The van der Waals surface area contributed by atoms with Crippen molar-refractivity contribution in [2.75, 3.05) is 37.6 Å². The zero-order valence-corrected chi connectivity index (χ0v) is 16.2. The summed E-state index contributed by atoms with van der Waals surface area (Å²) in [5, 5.41) is 2.63. The lowest BCUT2D eigenvalue weighted by molar-refractivity contribution is -0.151. The van der Waals surface area contributed by atoms with E-state index in [9.17, 15) is 14.4 Å². The highest BCUT2D eigenvalue weighted by molar-refractivity contribution is 6.00. The number of anilines is 2. The van der Waals surface area contributed by atoms with Crippen molar-refractivity contribution >= 4 is 29.2 Å². The number of nitrogens with zero attached hydrogens (tertiary/aromatic N) is 1. The van der Waals surface area contributed by atoms with Gasteiger partial charge < -0.3 is 24.4 Å². The number of rotatable bonds is 7. The molecule has 1 aliphatic rings. The first-order chi connectivity index (χ1) is 14.0. The van der Waals surface area contributed by atoms with Crippen LogP contribution in [0.3, 0.4) is 0 Å². The fourth-order valence-electron chi connectivity index (χ4n) is 3.07. The van der Waals surface area contributed by atoms with Crippen LogP contribution in [0.1, 0.15) is 6.42 Å². The summed E-state index contributed by atoms with van der Waals surface area (Å²) >= 11 is 0. The van der Waals surface area contributed by atoms with Gasteiger partial charge in [-0.05, 0) is 36.4 Å². The first-order valence-corrected chi connectivity index (χ1v) is 9.05. The number of amides is 2. The molecule has 8 nitrogen and oxygen atoms in total. The minimum absolute atomic E-state index is 0.0407. The van der Waals surface area contributed by atoms with Gasteiger partial charge in [0.05, 0.1) is 25.8 Å². The first-order valence-electron chi connectivity index (χ1n) is 9.05. The Bertz CT molecular complexity index is 896. The van der Waals surface area contributed by atoms with Crippen LogP contribution in [0.2, 0.25) is 0 Å². The summed E-state index contributed by atoms with van der Waals surface area (Å²) in [4.78, 5) is 38.2. The van der Waals surface area contributed by atoms with Gasteiger partial charge in [0.25, 0.3) is 5.91 Å². The Balaban J connectivity index is 1.53. The van der Waals surface area contributed by atoms with Crippen molar-refractivity contribution in [3.63, 3.8) is 0 Å². The molecule has 1 saturated heterocycles. The number of hydrogen-bond donors (Lipinski definition) is 1. The second-order valence-electron chi connectivity index (χ2n) is 6.46. The highest BCUT2D eigenvalue weighted by Crippen LogP contribution is 2.27. The van der Waals surface area contributed by atoms with Crippen LogP contribution in [-0.4, -0.2) is 45.2 Å².